The lowest BCUT2D eigenvalue weighted by molar-refractivity contribution is 0.396. The molecule has 0 saturated carbocycles. The average Bonchev–Trinajstić information content (AvgIpc) is 2.67. The van der Waals surface area contributed by atoms with Crippen molar-refractivity contribution in [1.29, 1.82) is 0 Å². The predicted molar refractivity (Wildman–Crippen MR) is 98.0 cm³/mol. The van der Waals surface area contributed by atoms with Crippen LogP contribution < -0.4 is 9.47 Å². The van der Waals surface area contributed by atoms with Gasteiger partial charge in [-0.1, -0.05) is 60.7 Å². The van der Waals surface area contributed by atoms with E-state index in [1.807, 2.05) is 24.3 Å². The van der Waals surface area contributed by atoms with Gasteiger partial charge in [0.2, 0.25) is 0 Å². The third-order valence-electron chi connectivity index (χ3n) is 4.30. The van der Waals surface area contributed by atoms with E-state index in [1.165, 1.54) is 11.1 Å². The van der Waals surface area contributed by atoms with Gasteiger partial charge in [-0.25, -0.2) is 0 Å². The number of ether oxygens (including phenoxy) is 2. The summed E-state index contributed by atoms with van der Waals surface area (Å²) in [4.78, 5) is 0. The summed E-state index contributed by atoms with van der Waals surface area (Å²) in [6.07, 6.45) is 0.911. The second kappa shape index (κ2) is 7.69. The van der Waals surface area contributed by atoms with Gasteiger partial charge in [0.1, 0.15) is 11.5 Å². The molecule has 1 atom stereocenters. The van der Waals surface area contributed by atoms with Crippen molar-refractivity contribution in [2.75, 3.05) is 14.2 Å². The molecule has 0 spiro atoms. The molecule has 0 aliphatic rings. The van der Waals surface area contributed by atoms with Crippen molar-refractivity contribution in [3.8, 4) is 11.5 Å². The standard InChI is InChI=1S/C22H22O2/c1-23-19-13-14-22(24-2)21(16-19)20(18-11-7-4-8-12-18)15-17-9-5-3-6-10-17/h3-14,16,20H,15H2,1-2H3. The molecule has 0 radical (unpaired) electrons. The minimum atomic E-state index is 0.207. The molecule has 3 aromatic rings. The fourth-order valence-electron chi connectivity index (χ4n) is 3.05. The van der Waals surface area contributed by atoms with Crippen LogP contribution in [0.15, 0.2) is 78.9 Å². The third kappa shape index (κ3) is 3.60. The van der Waals surface area contributed by atoms with Crippen LogP contribution in [0.2, 0.25) is 0 Å². The van der Waals surface area contributed by atoms with Gasteiger partial charge in [-0.3, -0.25) is 0 Å². The van der Waals surface area contributed by atoms with Gasteiger partial charge in [0.25, 0.3) is 0 Å². The van der Waals surface area contributed by atoms with Gasteiger partial charge in [0, 0.05) is 11.5 Å². The summed E-state index contributed by atoms with van der Waals surface area (Å²) in [5, 5.41) is 0. The van der Waals surface area contributed by atoms with Gasteiger partial charge >= 0.3 is 0 Å². The second-order valence-corrected chi connectivity index (χ2v) is 5.76. The van der Waals surface area contributed by atoms with Gasteiger partial charge in [-0.15, -0.1) is 0 Å². The molecule has 3 rings (SSSR count). The smallest absolute Gasteiger partial charge is 0.122 e. The summed E-state index contributed by atoms with van der Waals surface area (Å²) >= 11 is 0. The highest BCUT2D eigenvalue weighted by atomic mass is 16.5. The first-order chi connectivity index (χ1) is 11.8. The molecule has 0 aromatic heterocycles. The third-order valence-corrected chi connectivity index (χ3v) is 4.30. The van der Waals surface area contributed by atoms with E-state index in [-0.39, 0.29) is 5.92 Å². The Balaban J connectivity index is 2.08. The summed E-state index contributed by atoms with van der Waals surface area (Å²) in [6, 6.07) is 27.1. The summed E-state index contributed by atoms with van der Waals surface area (Å²) in [7, 11) is 3.41. The number of benzene rings is 3. The number of hydrogen-bond donors (Lipinski definition) is 0. The Morgan fingerprint density at radius 3 is 2.04 bits per heavy atom. The maximum atomic E-state index is 5.63. The lowest BCUT2D eigenvalue weighted by atomic mass is 9.85. The molecule has 0 amide bonds. The zero-order valence-corrected chi connectivity index (χ0v) is 14.1. The van der Waals surface area contributed by atoms with Crippen molar-refractivity contribution >= 4 is 0 Å². The predicted octanol–water partition coefficient (Wildman–Crippen LogP) is 5.08. The van der Waals surface area contributed by atoms with Crippen LogP contribution in [0.5, 0.6) is 11.5 Å². The van der Waals surface area contributed by atoms with E-state index in [1.54, 1.807) is 14.2 Å². The molecule has 2 heteroatoms. The van der Waals surface area contributed by atoms with Crippen molar-refractivity contribution < 1.29 is 9.47 Å². The van der Waals surface area contributed by atoms with Crippen molar-refractivity contribution in [3.05, 3.63) is 95.6 Å². The topological polar surface area (TPSA) is 18.5 Å². The minimum Gasteiger partial charge on any atom is -0.497 e. The highest BCUT2D eigenvalue weighted by Gasteiger charge is 2.19. The van der Waals surface area contributed by atoms with E-state index in [0.717, 1.165) is 23.5 Å². The van der Waals surface area contributed by atoms with Crippen molar-refractivity contribution in [1.82, 2.24) is 0 Å². The van der Waals surface area contributed by atoms with Crippen molar-refractivity contribution in [2.45, 2.75) is 12.3 Å². The van der Waals surface area contributed by atoms with E-state index in [2.05, 4.69) is 54.6 Å². The Labute approximate surface area is 143 Å². The van der Waals surface area contributed by atoms with Crippen LogP contribution in [0.1, 0.15) is 22.6 Å². The van der Waals surface area contributed by atoms with Crippen LogP contribution >= 0.6 is 0 Å². The zero-order valence-electron chi connectivity index (χ0n) is 14.1. The van der Waals surface area contributed by atoms with Gasteiger partial charge in [-0.05, 0) is 35.7 Å². The highest BCUT2D eigenvalue weighted by molar-refractivity contribution is 5.47. The van der Waals surface area contributed by atoms with E-state index in [4.69, 9.17) is 9.47 Å². The van der Waals surface area contributed by atoms with Crippen LogP contribution in [-0.4, -0.2) is 14.2 Å². The number of rotatable bonds is 6. The quantitative estimate of drug-likeness (QED) is 0.631. The first-order valence-electron chi connectivity index (χ1n) is 8.12. The Morgan fingerprint density at radius 1 is 0.750 bits per heavy atom. The van der Waals surface area contributed by atoms with Crippen LogP contribution in [0.3, 0.4) is 0 Å². The van der Waals surface area contributed by atoms with Gasteiger partial charge < -0.3 is 9.47 Å². The van der Waals surface area contributed by atoms with Crippen molar-refractivity contribution in [3.63, 3.8) is 0 Å². The molecule has 122 valence electrons. The van der Waals surface area contributed by atoms with Crippen LogP contribution in [0.4, 0.5) is 0 Å². The van der Waals surface area contributed by atoms with E-state index < -0.39 is 0 Å². The summed E-state index contributed by atoms with van der Waals surface area (Å²) in [6.45, 7) is 0. The average molecular weight is 318 g/mol. The summed E-state index contributed by atoms with van der Waals surface area (Å²) in [5.41, 5.74) is 3.72. The van der Waals surface area contributed by atoms with E-state index >= 15 is 0 Å². The first-order valence-corrected chi connectivity index (χ1v) is 8.12. The van der Waals surface area contributed by atoms with Crippen LogP contribution in [-0.2, 0) is 6.42 Å². The summed E-state index contributed by atoms with van der Waals surface area (Å²) in [5.74, 6) is 1.94. The summed E-state index contributed by atoms with van der Waals surface area (Å²) < 4.78 is 11.1. The SMILES string of the molecule is COc1ccc(OC)c(C(Cc2ccccc2)c2ccccc2)c1. The van der Waals surface area contributed by atoms with Crippen molar-refractivity contribution in [2.24, 2.45) is 0 Å². The fraction of sp³-hybridized carbons (Fsp3) is 0.182. The first kappa shape index (κ1) is 16.1. The maximum absolute atomic E-state index is 5.63. The Kier molecular flexibility index (Phi) is 5.17. The molecule has 0 aliphatic carbocycles. The molecular formula is C22H22O2. The van der Waals surface area contributed by atoms with Gasteiger partial charge in [-0.2, -0.15) is 0 Å². The Morgan fingerprint density at radius 2 is 1.42 bits per heavy atom. The molecule has 0 bridgehead atoms. The minimum absolute atomic E-state index is 0.207. The second-order valence-electron chi connectivity index (χ2n) is 5.76. The maximum Gasteiger partial charge on any atom is 0.122 e. The lowest BCUT2D eigenvalue weighted by Gasteiger charge is -2.21. The normalized spacial score (nSPS) is 11.8. The molecule has 0 fully saturated rings. The van der Waals surface area contributed by atoms with Gasteiger partial charge in [0.15, 0.2) is 0 Å². The van der Waals surface area contributed by atoms with E-state index in [0.29, 0.717) is 0 Å². The molecule has 2 nitrogen and oxygen atoms in total. The molecule has 0 N–H and O–H groups in total. The molecule has 0 heterocycles. The largest absolute Gasteiger partial charge is 0.497 e. The molecule has 0 aliphatic heterocycles. The van der Waals surface area contributed by atoms with Crippen LogP contribution in [0.25, 0.3) is 0 Å². The lowest BCUT2D eigenvalue weighted by Crippen LogP contribution is -2.07. The zero-order chi connectivity index (χ0) is 16.8. The number of hydrogen-bond acceptors (Lipinski definition) is 2. The number of methoxy groups -OCH3 is 2. The molecule has 0 saturated heterocycles. The molecule has 24 heavy (non-hydrogen) atoms. The molecular weight excluding hydrogens is 296 g/mol. The molecule has 3 aromatic carbocycles. The Bertz CT molecular complexity index is 766. The highest BCUT2D eigenvalue weighted by Crippen LogP contribution is 2.36. The van der Waals surface area contributed by atoms with Gasteiger partial charge in [0.05, 0.1) is 14.2 Å². The monoisotopic (exact) mass is 318 g/mol. The Hall–Kier alpha value is -2.74. The van der Waals surface area contributed by atoms with E-state index in [9.17, 15) is 0 Å². The fourth-order valence-corrected chi connectivity index (χ4v) is 3.05. The molecule has 1 unspecified atom stereocenters. The van der Waals surface area contributed by atoms with Crippen LogP contribution in [0, 0.1) is 0 Å².